The number of sulfonamides is 1. The van der Waals surface area contributed by atoms with Crippen molar-refractivity contribution in [1.82, 2.24) is 19.6 Å². The van der Waals surface area contributed by atoms with E-state index in [1.54, 1.807) is 47.3 Å². The van der Waals surface area contributed by atoms with Crippen molar-refractivity contribution in [2.75, 3.05) is 49.6 Å². The number of ether oxygens (including phenoxy) is 2. The number of aromatic amines is 1. The summed E-state index contributed by atoms with van der Waals surface area (Å²) in [4.78, 5) is 37.8. The van der Waals surface area contributed by atoms with Gasteiger partial charge in [-0.3, -0.25) is 19.8 Å². The summed E-state index contributed by atoms with van der Waals surface area (Å²) in [5, 5.41) is 16.1. The molecule has 1 amide bonds. The Morgan fingerprint density at radius 1 is 0.908 bits per heavy atom. The lowest BCUT2D eigenvalue weighted by atomic mass is 9.59. The Hall–Kier alpha value is -5.51. The zero-order valence-electron chi connectivity index (χ0n) is 36.7. The molecule has 65 heavy (non-hydrogen) atoms. The number of amides is 1. The first-order valence-electron chi connectivity index (χ1n) is 23.6. The molecule has 6 fully saturated rings. The van der Waals surface area contributed by atoms with Crippen molar-refractivity contribution < 1.29 is 27.6 Å². The number of carbonyl (C=O) groups is 1. The molecule has 2 aromatic heterocycles. The second-order valence-electron chi connectivity index (χ2n) is 19.6. The third-order valence-corrected chi connectivity index (χ3v) is 16.6. The number of aromatic nitrogens is 2. The number of nitrogens with one attached hydrogen (secondary N) is 3. The largest absolute Gasteiger partial charge is 0.455 e. The molecule has 14 nitrogen and oxygen atoms in total. The molecule has 3 aliphatic heterocycles. The number of hydrogen-bond donors (Lipinski definition) is 3. The Morgan fingerprint density at radius 3 is 2.48 bits per heavy atom. The minimum absolute atomic E-state index is 0.00117. The third-order valence-electron chi connectivity index (χ3n) is 15.3. The fraction of sp³-hybridized carbons (Fsp3) is 0.480. The van der Waals surface area contributed by atoms with Crippen molar-refractivity contribution in [3.05, 3.63) is 111 Å². The normalized spacial score (nSPS) is 21.7. The number of hydrogen-bond acceptors (Lipinski definition) is 11. The highest BCUT2D eigenvalue weighted by atomic mass is 32.2. The van der Waals surface area contributed by atoms with E-state index in [4.69, 9.17) is 9.47 Å². The molecule has 3 N–H and O–H groups in total. The van der Waals surface area contributed by atoms with Gasteiger partial charge in [0.1, 0.15) is 22.8 Å². The zero-order chi connectivity index (χ0) is 44.3. The molecule has 0 bridgehead atoms. The van der Waals surface area contributed by atoms with E-state index in [9.17, 15) is 23.3 Å². The molecule has 3 aromatic carbocycles. The number of piperidine rings is 1. The van der Waals surface area contributed by atoms with Crippen LogP contribution in [0, 0.1) is 21.4 Å². The topological polar surface area (TPSA) is 172 Å². The van der Waals surface area contributed by atoms with Gasteiger partial charge in [-0.05, 0) is 160 Å². The highest BCUT2D eigenvalue weighted by Crippen LogP contribution is 2.55. The summed E-state index contributed by atoms with van der Waals surface area (Å²) >= 11 is 0. The van der Waals surface area contributed by atoms with E-state index >= 15 is 0 Å². The van der Waals surface area contributed by atoms with Crippen LogP contribution in [-0.2, 0) is 14.8 Å². The highest BCUT2D eigenvalue weighted by molar-refractivity contribution is 7.90. The Bertz CT molecular complexity index is 2730. The van der Waals surface area contributed by atoms with Crippen LogP contribution in [0.3, 0.4) is 0 Å². The summed E-state index contributed by atoms with van der Waals surface area (Å²) < 4.78 is 41.4. The number of anilines is 2. The van der Waals surface area contributed by atoms with Gasteiger partial charge in [-0.15, -0.1) is 0 Å². The number of rotatable bonds is 14. The number of H-pyrrole nitrogens is 1. The maximum atomic E-state index is 14.0. The van der Waals surface area contributed by atoms with E-state index in [-0.39, 0.29) is 22.9 Å². The third kappa shape index (κ3) is 8.70. The standard InChI is InChI=1S/C50H57N7O7S/c58-49(54-65(61,62)40-9-12-44(46(27-40)57(59)60)52-30-32-14-22-63-23-15-32)42-11-8-37(26-47(42)64-39-24-36-13-18-51-48(36)53-31-39)55-20-16-50(17-21-55)28-38(29-50)56-19-1-2-45(56)43-25-35(33-3-4-33)7-10-41(43)34-5-6-34/h7-13,18,24-27,31-34,38,45,52H,1-6,14-17,19-23,28-30H2,(H,51,53)(H,54,58). The number of carbonyl (C=O) groups excluding carboxylic acids is 1. The molecule has 0 radical (unpaired) electrons. The molecule has 340 valence electrons. The van der Waals surface area contributed by atoms with Crippen LogP contribution in [-0.4, -0.2) is 79.6 Å². The Balaban J connectivity index is 0.787. The number of nitro benzene ring substituents is 1. The van der Waals surface area contributed by atoms with Crippen LogP contribution in [0.15, 0.2) is 84.0 Å². The first-order valence-corrected chi connectivity index (χ1v) is 25.1. The van der Waals surface area contributed by atoms with Crippen LogP contribution < -0.4 is 19.7 Å². The minimum Gasteiger partial charge on any atom is -0.455 e. The van der Waals surface area contributed by atoms with Crippen LogP contribution in [0.4, 0.5) is 17.1 Å². The summed E-state index contributed by atoms with van der Waals surface area (Å²) in [5.74, 6) is 1.44. The lowest BCUT2D eigenvalue weighted by molar-refractivity contribution is -0.384. The molecule has 6 aliphatic rings. The fourth-order valence-corrected chi connectivity index (χ4v) is 12.2. The van der Waals surface area contributed by atoms with Crippen molar-refractivity contribution in [2.45, 2.75) is 106 Å². The quantitative estimate of drug-likeness (QED) is 0.0716. The van der Waals surface area contributed by atoms with Gasteiger partial charge < -0.3 is 24.7 Å². The van der Waals surface area contributed by atoms with Crippen LogP contribution in [0.25, 0.3) is 11.0 Å². The molecule has 3 saturated heterocycles. The molecule has 1 unspecified atom stereocenters. The van der Waals surface area contributed by atoms with Gasteiger partial charge in [0.05, 0.1) is 21.6 Å². The maximum absolute atomic E-state index is 14.0. The molecule has 1 atom stereocenters. The summed E-state index contributed by atoms with van der Waals surface area (Å²) in [5.41, 5.74) is 6.50. The molecule has 11 rings (SSSR count). The van der Waals surface area contributed by atoms with Crippen LogP contribution in [0.1, 0.15) is 122 Å². The van der Waals surface area contributed by atoms with Crippen molar-refractivity contribution in [3.63, 3.8) is 0 Å². The van der Waals surface area contributed by atoms with Crippen LogP contribution >= 0.6 is 0 Å². The van der Waals surface area contributed by atoms with Crippen molar-refractivity contribution >= 4 is 44.0 Å². The predicted molar refractivity (Wildman–Crippen MR) is 248 cm³/mol. The van der Waals surface area contributed by atoms with Gasteiger partial charge in [-0.2, -0.15) is 0 Å². The van der Waals surface area contributed by atoms with E-state index in [1.165, 1.54) is 70.0 Å². The smallest absolute Gasteiger partial charge is 0.293 e. The number of pyridine rings is 1. The van der Waals surface area contributed by atoms with Crippen LogP contribution in [0.2, 0.25) is 0 Å². The van der Waals surface area contributed by atoms with Gasteiger partial charge >= 0.3 is 0 Å². The molecule has 15 heteroatoms. The average molecular weight is 900 g/mol. The predicted octanol–water partition coefficient (Wildman–Crippen LogP) is 9.56. The number of benzene rings is 3. The van der Waals surface area contributed by atoms with Gasteiger partial charge in [0, 0.05) is 74.3 Å². The van der Waals surface area contributed by atoms with Crippen LogP contribution in [0.5, 0.6) is 11.5 Å². The first-order chi connectivity index (χ1) is 31.6. The number of likely N-dealkylation sites (tertiary alicyclic amines) is 1. The molecule has 5 heterocycles. The summed E-state index contributed by atoms with van der Waals surface area (Å²) in [6.45, 7) is 4.67. The lowest BCUT2D eigenvalue weighted by Gasteiger charge is -2.56. The molecular formula is C50H57N7O7S. The van der Waals surface area contributed by atoms with Gasteiger partial charge in [-0.1, -0.05) is 18.2 Å². The molecule has 3 aliphatic carbocycles. The summed E-state index contributed by atoms with van der Waals surface area (Å²) in [6, 6.07) is 21.2. The maximum Gasteiger partial charge on any atom is 0.293 e. The minimum atomic E-state index is -4.54. The van der Waals surface area contributed by atoms with Gasteiger partial charge in [0.2, 0.25) is 0 Å². The van der Waals surface area contributed by atoms with Gasteiger partial charge in [-0.25, -0.2) is 18.1 Å². The van der Waals surface area contributed by atoms with E-state index in [1.807, 2.05) is 12.1 Å². The van der Waals surface area contributed by atoms with E-state index in [0.29, 0.717) is 48.7 Å². The molecule has 1 spiro atoms. The second kappa shape index (κ2) is 17.0. The fourth-order valence-electron chi connectivity index (χ4n) is 11.2. The highest BCUT2D eigenvalue weighted by Gasteiger charge is 2.50. The van der Waals surface area contributed by atoms with Crippen molar-refractivity contribution in [3.8, 4) is 11.5 Å². The van der Waals surface area contributed by atoms with Gasteiger partial charge in [0.25, 0.3) is 21.6 Å². The molecular weight excluding hydrogens is 843 g/mol. The monoisotopic (exact) mass is 899 g/mol. The Morgan fingerprint density at radius 2 is 1.71 bits per heavy atom. The van der Waals surface area contributed by atoms with Gasteiger partial charge in [0.15, 0.2) is 0 Å². The SMILES string of the molecule is O=C(NS(=O)(=O)c1ccc(NCC2CCOCC2)c([N+](=O)[O-])c1)c1ccc(N2CCC3(CC2)CC(N2CCCC2c2cc(C4CC4)ccc2C2CC2)C3)cc1Oc1cnc2[nH]ccc2c1. The number of fused-ring (bicyclic) bond motifs is 1. The van der Waals surface area contributed by atoms with Crippen molar-refractivity contribution in [1.29, 1.82) is 0 Å². The number of nitro groups is 1. The summed E-state index contributed by atoms with van der Waals surface area (Å²) in [7, 11) is -4.54. The lowest BCUT2D eigenvalue weighted by Crippen LogP contribution is -2.55. The summed E-state index contributed by atoms with van der Waals surface area (Å²) in [6.07, 6.45) is 17.5. The average Bonchev–Trinajstić information content (AvgIpc) is 4.24. The Kier molecular flexibility index (Phi) is 11.1. The van der Waals surface area contributed by atoms with E-state index < -0.39 is 31.4 Å². The first kappa shape index (κ1) is 42.1. The van der Waals surface area contributed by atoms with E-state index in [0.717, 1.165) is 67.7 Å². The Labute approximate surface area is 379 Å². The zero-order valence-corrected chi connectivity index (χ0v) is 37.5. The van der Waals surface area contributed by atoms with E-state index in [2.05, 4.69) is 48.0 Å². The molecule has 5 aromatic rings. The molecule has 3 saturated carbocycles. The number of nitrogens with zero attached hydrogens (tertiary/aromatic N) is 4. The second-order valence-corrected chi connectivity index (χ2v) is 21.2. The van der Waals surface area contributed by atoms with Crippen molar-refractivity contribution in [2.24, 2.45) is 11.3 Å².